The predicted octanol–water partition coefficient (Wildman–Crippen LogP) is 4.90. The van der Waals surface area contributed by atoms with Gasteiger partial charge in [-0.2, -0.15) is 0 Å². The molecule has 1 aliphatic heterocycles. The van der Waals surface area contributed by atoms with Crippen LogP contribution in [0.4, 0.5) is 11.6 Å². The Bertz CT molecular complexity index is 1520. The number of likely N-dealkylation sites (tertiary alicyclic amines) is 1. The quantitative estimate of drug-likeness (QED) is 0.272. The van der Waals surface area contributed by atoms with Gasteiger partial charge in [0.1, 0.15) is 11.3 Å². The minimum absolute atomic E-state index is 0. The fourth-order valence-corrected chi connectivity index (χ4v) is 5.78. The van der Waals surface area contributed by atoms with Gasteiger partial charge in [-0.05, 0) is 92.5 Å². The molecule has 1 aromatic heterocycles. The largest absolute Gasteiger partial charge is 0.507 e. The number of sulfonamides is 1. The number of aromatic hydroxyl groups is 1. The highest BCUT2D eigenvalue weighted by Gasteiger charge is 2.17. The van der Waals surface area contributed by atoms with Gasteiger partial charge in [0.05, 0.1) is 15.4 Å². The van der Waals surface area contributed by atoms with Crippen molar-refractivity contribution in [1.29, 1.82) is 0 Å². The van der Waals surface area contributed by atoms with Gasteiger partial charge in [0.15, 0.2) is 0 Å². The fraction of sp³-hybridized carbons (Fsp3) is 0.269. The van der Waals surface area contributed by atoms with Gasteiger partial charge < -0.3 is 15.3 Å². The lowest BCUT2D eigenvalue weighted by atomic mass is 10.0. The van der Waals surface area contributed by atoms with Crippen molar-refractivity contribution in [3.63, 3.8) is 0 Å². The maximum Gasteiger partial charge on any atom is 0.247 e. The van der Waals surface area contributed by atoms with Crippen molar-refractivity contribution in [3.8, 4) is 16.9 Å². The molecule has 4 aromatic rings. The molecular formula is C26H28Cl2N6O3S. The van der Waals surface area contributed by atoms with E-state index in [0.29, 0.717) is 40.4 Å². The van der Waals surface area contributed by atoms with Gasteiger partial charge in [-0.15, -0.1) is 22.6 Å². The van der Waals surface area contributed by atoms with Gasteiger partial charge in [0.2, 0.25) is 16.0 Å². The van der Waals surface area contributed by atoms with Crippen molar-refractivity contribution in [2.45, 2.75) is 24.7 Å². The minimum Gasteiger partial charge on any atom is -0.507 e. The summed E-state index contributed by atoms with van der Waals surface area (Å²) in [6.45, 7) is 5.05. The van der Waals surface area contributed by atoms with Crippen LogP contribution in [0.15, 0.2) is 59.5 Å². The second-order valence-electron chi connectivity index (χ2n) is 9.03. The average molecular weight is 576 g/mol. The SMILES string of the molecule is Cc1cc(-c2c(O)cccc2Cl)cc2nnc(Nc3ccc(S(=O)(=O)NCCN4CCCC4)cc3)nc12.Cl. The number of hydrogen-bond acceptors (Lipinski definition) is 8. The van der Waals surface area contributed by atoms with Crippen LogP contribution < -0.4 is 10.0 Å². The van der Waals surface area contributed by atoms with Crippen molar-refractivity contribution >= 4 is 56.7 Å². The van der Waals surface area contributed by atoms with Crippen LogP contribution >= 0.6 is 24.0 Å². The Balaban J connectivity index is 0.00000336. The number of phenols is 1. The second-order valence-corrected chi connectivity index (χ2v) is 11.2. The monoisotopic (exact) mass is 574 g/mol. The number of nitrogens with zero attached hydrogens (tertiary/aromatic N) is 4. The lowest BCUT2D eigenvalue weighted by Crippen LogP contribution is -2.33. The van der Waals surface area contributed by atoms with Gasteiger partial charge in [-0.25, -0.2) is 18.1 Å². The number of halogens is 2. The first kappa shape index (κ1) is 28.0. The maximum atomic E-state index is 12.6. The topological polar surface area (TPSA) is 120 Å². The van der Waals surface area contributed by atoms with E-state index in [1.807, 2.05) is 13.0 Å². The van der Waals surface area contributed by atoms with Crippen LogP contribution in [-0.4, -0.2) is 59.8 Å². The Kier molecular flexibility index (Phi) is 8.69. The van der Waals surface area contributed by atoms with Crippen LogP contribution in [0, 0.1) is 6.92 Å². The Morgan fingerprint density at radius 1 is 1.05 bits per heavy atom. The van der Waals surface area contributed by atoms with Gasteiger partial charge in [-0.1, -0.05) is 17.7 Å². The number of rotatable bonds is 8. The molecule has 3 aromatic carbocycles. The second kappa shape index (κ2) is 11.8. The van der Waals surface area contributed by atoms with Crippen molar-refractivity contribution in [3.05, 3.63) is 65.2 Å². The molecule has 1 fully saturated rings. The summed E-state index contributed by atoms with van der Waals surface area (Å²) in [7, 11) is -3.58. The van der Waals surface area contributed by atoms with Crippen LogP contribution in [0.2, 0.25) is 5.02 Å². The number of fused-ring (bicyclic) bond motifs is 1. The van der Waals surface area contributed by atoms with Crippen molar-refractivity contribution in [2.24, 2.45) is 0 Å². The molecule has 0 saturated carbocycles. The first-order valence-electron chi connectivity index (χ1n) is 12.0. The van der Waals surface area contributed by atoms with Crippen LogP contribution in [0.3, 0.4) is 0 Å². The highest BCUT2D eigenvalue weighted by atomic mass is 35.5. The zero-order valence-corrected chi connectivity index (χ0v) is 23.1. The number of anilines is 2. The third-order valence-electron chi connectivity index (χ3n) is 6.37. The van der Waals surface area contributed by atoms with Gasteiger partial charge in [0, 0.05) is 24.3 Å². The Morgan fingerprint density at radius 3 is 2.50 bits per heavy atom. The summed E-state index contributed by atoms with van der Waals surface area (Å²) in [5, 5.41) is 22.3. The number of aryl methyl sites for hydroxylation is 1. The van der Waals surface area contributed by atoms with Gasteiger partial charge >= 0.3 is 0 Å². The Morgan fingerprint density at radius 2 is 1.79 bits per heavy atom. The third kappa shape index (κ3) is 6.16. The molecule has 3 N–H and O–H groups in total. The minimum atomic E-state index is -3.58. The summed E-state index contributed by atoms with van der Waals surface area (Å²) in [6, 6.07) is 15.1. The number of aromatic nitrogens is 3. The lowest BCUT2D eigenvalue weighted by molar-refractivity contribution is 0.344. The molecule has 12 heteroatoms. The highest BCUT2D eigenvalue weighted by molar-refractivity contribution is 7.89. The molecule has 9 nitrogen and oxygen atoms in total. The molecule has 38 heavy (non-hydrogen) atoms. The number of phenolic OH excluding ortho intramolecular Hbond substituents is 1. The molecule has 0 atom stereocenters. The van der Waals surface area contributed by atoms with E-state index in [1.165, 1.54) is 12.8 Å². The first-order chi connectivity index (χ1) is 17.8. The fourth-order valence-electron chi connectivity index (χ4n) is 4.48. The smallest absolute Gasteiger partial charge is 0.247 e. The van der Waals surface area contributed by atoms with Crippen LogP contribution in [0.1, 0.15) is 18.4 Å². The molecule has 200 valence electrons. The summed E-state index contributed by atoms with van der Waals surface area (Å²) in [6.07, 6.45) is 2.34. The van der Waals surface area contributed by atoms with E-state index in [-0.39, 0.29) is 29.0 Å². The van der Waals surface area contributed by atoms with Crippen LogP contribution in [0.5, 0.6) is 5.75 Å². The number of hydrogen-bond donors (Lipinski definition) is 3. The predicted molar refractivity (Wildman–Crippen MR) is 152 cm³/mol. The molecule has 1 saturated heterocycles. The highest BCUT2D eigenvalue weighted by Crippen LogP contribution is 2.37. The van der Waals surface area contributed by atoms with Crippen molar-refractivity contribution < 1.29 is 13.5 Å². The molecular weight excluding hydrogens is 547 g/mol. The number of nitrogens with one attached hydrogen (secondary N) is 2. The van der Waals surface area contributed by atoms with E-state index in [9.17, 15) is 13.5 Å². The Hall–Kier alpha value is -3.02. The molecule has 1 aliphatic rings. The molecule has 0 bridgehead atoms. The zero-order chi connectivity index (χ0) is 26.0. The standard InChI is InChI=1S/C26H27ClN6O3S.ClH/c1-17-15-18(24-21(27)5-4-6-23(24)34)16-22-25(17)30-26(32-31-22)29-19-7-9-20(10-8-19)37(35,36)28-11-14-33-12-2-3-13-33;/h4-10,15-16,28,34H,2-3,11-14H2,1H3,(H,29,30,32);1H. The van der Waals surface area contributed by atoms with Gasteiger partial charge in [0.25, 0.3) is 0 Å². The summed E-state index contributed by atoms with van der Waals surface area (Å²) in [5.41, 5.74) is 3.92. The van der Waals surface area contributed by atoms with E-state index < -0.39 is 10.0 Å². The van der Waals surface area contributed by atoms with Crippen molar-refractivity contribution in [2.75, 3.05) is 31.5 Å². The van der Waals surface area contributed by atoms with Crippen LogP contribution in [0.25, 0.3) is 22.2 Å². The molecule has 0 spiro atoms. The average Bonchev–Trinajstić information content (AvgIpc) is 3.38. The third-order valence-corrected chi connectivity index (χ3v) is 8.16. The van der Waals surface area contributed by atoms with E-state index >= 15 is 0 Å². The van der Waals surface area contributed by atoms with E-state index in [1.54, 1.807) is 48.5 Å². The van der Waals surface area contributed by atoms with Gasteiger partial charge in [-0.3, -0.25) is 0 Å². The van der Waals surface area contributed by atoms with Crippen molar-refractivity contribution in [1.82, 2.24) is 24.8 Å². The molecule has 0 unspecified atom stereocenters. The van der Waals surface area contributed by atoms with Crippen LogP contribution in [-0.2, 0) is 10.0 Å². The molecule has 0 radical (unpaired) electrons. The Labute approximate surface area is 232 Å². The first-order valence-corrected chi connectivity index (χ1v) is 13.9. The van der Waals surface area contributed by atoms with E-state index in [2.05, 4.69) is 30.1 Å². The molecule has 0 aliphatic carbocycles. The lowest BCUT2D eigenvalue weighted by Gasteiger charge is -2.15. The molecule has 2 heterocycles. The normalized spacial score (nSPS) is 13.9. The summed E-state index contributed by atoms with van der Waals surface area (Å²) in [4.78, 5) is 7.04. The maximum absolute atomic E-state index is 12.6. The molecule has 0 amide bonds. The number of benzene rings is 3. The zero-order valence-electron chi connectivity index (χ0n) is 20.7. The van der Waals surface area contributed by atoms with E-state index in [4.69, 9.17) is 11.6 Å². The molecule has 5 rings (SSSR count). The summed E-state index contributed by atoms with van der Waals surface area (Å²) >= 11 is 6.31. The summed E-state index contributed by atoms with van der Waals surface area (Å²) in [5.74, 6) is 0.362. The van der Waals surface area contributed by atoms with E-state index in [0.717, 1.165) is 24.2 Å². The summed E-state index contributed by atoms with van der Waals surface area (Å²) < 4.78 is 27.9.